The smallest absolute Gasteiger partial charge is 0.326 e. The van der Waals surface area contributed by atoms with Crippen LogP contribution in [-0.4, -0.2) is 27.3 Å². The van der Waals surface area contributed by atoms with E-state index in [0.29, 0.717) is 6.54 Å². The lowest BCUT2D eigenvalue weighted by Gasteiger charge is -2.37. The van der Waals surface area contributed by atoms with Crippen LogP contribution in [0.1, 0.15) is 47.4 Å². The maximum atomic E-state index is 12.9. The number of aromatic amines is 2. The Morgan fingerprint density at radius 3 is 2.79 bits per heavy atom. The fourth-order valence-electron chi connectivity index (χ4n) is 3.29. The first kappa shape index (κ1) is 16.0. The molecule has 2 heterocycles. The van der Waals surface area contributed by atoms with Crippen molar-refractivity contribution in [2.75, 3.05) is 12.3 Å². The van der Waals surface area contributed by atoms with Gasteiger partial charge in [0.1, 0.15) is 11.4 Å². The summed E-state index contributed by atoms with van der Waals surface area (Å²) in [5.74, 6) is -0.413. The van der Waals surface area contributed by atoms with Crippen molar-refractivity contribution < 1.29 is 4.79 Å². The van der Waals surface area contributed by atoms with Crippen LogP contribution in [0.15, 0.2) is 33.9 Å². The van der Waals surface area contributed by atoms with Crippen LogP contribution >= 0.6 is 0 Å². The second-order valence-electron chi connectivity index (χ2n) is 5.95. The number of nitrogens with one attached hydrogen (secondary N) is 2. The average Bonchev–Trinajstić information content (AvgIpc) is 2.58. The van der Waals surface area contributed by atoms with Gasteiger partial charge in [-0.1, -0.05) is 37.6 Å². The van der Waals surface area contributed by atoms with Crippen LogP contribution in [-0.2, 0) is 6.42 Å². The number of amides is 1. The van der Waals surface area contributed by atoms with Gasteiger partial charge in [-0.2, -0.15) is 0 Å². The van der Waals surface area contributed by atoms with Crippen LogP contribution < -0.4 is 17.0 Å². The van der Waals surface area contributed by atoms with Gasteiger partial charge in [-0.3, -0.25) is 14.6 Å². The van der Waals surface area contributed by atoms with E-state index in [2.05, 4.69) is 18.0 Å². The molecule has 0 unspecified atom stereocenters. The third kappa shape index (κ3) is 2.73. The third-order valence-corrected chi connectivity index (χ3v) is 4.43. The van der Waals surface area contributed by atoms with E-state index < -0.39 is 17.2 Å². The number of nitrogens with two attached hydrogens (primary N) is 1. The predicted molar refractivity (Wildman–Crippen MR) is 90.9 cm³/mol. The van der Waals surface area contributed by atoms with Crippen molar-refractivity contribution in [1.29, 1.82) is 0 Å². The van der Waals surface area contributed by atoms with Gasteiger partial charge in [0.05, 0.1) is 6.04 Å². The fourth-order valence-corrected chi connectivity index (χ4v) is 3.29. The number of hydrogen-bond donors (Lipinski definition) is 3. The van der Waals surface area contributed by atoms with Gasteiger partial charge in [0.2, 0.25) is 0 Å². The van der Waals surface area contributed by atoms with Crippen molar-refractivity contribution in [3.63, 3.8) is 0 Å². The van der Waals surface area contributed by atoms with E-state index in [-0.39, 0.29) is 17.4 Å². The molecule has 0 saturated carbocycles. The number of aromatic nitrogens is 2. The van der Waals surface area contributed by atoms with Crippen LogP contribution in [0.4, 0.5) is 5.69 Å². The highest BCUT2D eigenvalue weighted by Crippen LogP contribution is 2.34. The van der Waals surface area contributed by atoms with Gasteiger partial charge in [0.15, 0.2) is 0 Å². The van der Waals surface area contributed by atoms with Crippen molar-refractivity contribution in [2.24, 2.45) is 0 Å². The summed E-state index contributed by atoms with van der Waals surface area (Å²) in [7, 11) is 0. The van der Waals surface area contributed by atoms with Crippen LogP contribution in [0.5, 0.6) is 0 Å². The molecule has 7 heteroatoms. The van der Waals surface area contributed by atoms with E-state index >= 15 is 0 Å². The first-order chi connectivity index (χ1) is 11.5. The summed E-state index contributed by atoms with van der Waals surface area (Å²) in [5.41, 5.74) is 6.19. The minimum atomic E-state index is -0.744. The molecule has 1 atom stereocenters. The SMILES string of the molecule is CCC[C@@H]1c2ccccc2CCN1C(=O)c1[nH]c(=O)[nH]c(=O)c1N. The molecule has 0 spiro atoms. The lowest BCUT2D eigenvalue weighted by Crippen LogP contribution is -2.42. The number of rotatable bonds is 3. The number of nitrogen functional groups attached to an aromatic ring is 1. The molecule has 0 fully saturated rings. The molecule has 24 heavy (non-hydrogen) atoms. The monoisotopic (exact) mass is 328 g/mol. The molecule has 2 aromatic rings. The number of carbonyl (C=O) groups is 1. The molecular formula is C17H20N4O3. The highest BCUT2D eigenvalue weighted by molar-refractivity contribution is 5.97. The zero-order chi connectivity index (χ0) is 17.3. The summed E-state index contributed by atoms with van der Waals surface area (Å²) in [4.78, 5) is 42.2. The minimum absolute atomic E-state index is 0.0883. The zero-order valence-corrected chi connectivity index (χ0v) is 13.5. The van der Waals surface area contributed by atoms with Gasteiger partial charge < -0.3 is 15.6 Å². The van der Waals surface area contributed by atoms with E-state index in [9.17, 15) is 14.4 Å². The molecule has 1 aliphatic rings. The molecule has 1 aliphatic heterocycles. The average molecular weight is 328 g/mol. The third-order valence-electron chi connectivity index (χ3n) is 4.43. The summed E-state index contributed by atoms with van der Waals surface area (Å²) in [5, 5.41) is 0. The number of anilines is 1. The Balaban J connectivity index is 2.04. The van der Waals surface area contributed by atoms with Crippen molar-refractivity contribution in [1.82, 2.24) is 14.9 Å². The largest absolute Gasteiger partial charge is 0.392 e. The Bertz CT molecular complexity index is 884. The molecule has 4 N–H and O–H groups in total. The van der Waals surface area contributed by atoms with Crippen molar-refractivity contribution >= 4 is 11.6 Å². The second kappa shape index (κ2) is 6.35. The zero-order valence-electron chi connectivity index (χ0n) is 13.5. The molecule has 0 aliphatic carbocycles. The molecule has 1 amide bonds. The Hall–Kier alpha value is -2.83. The van der Waals surface area contributed by atoms with E-state index in [0.717, 1.165) is 24.8 Å². The summed E-state index contributed by atoms with van der Waals surface area (Å²) < 4.78 is 0. The Morgan fingerprint density at radius 2 is 2.04 bits per heavy atom. The summed E-state index contributed by atoms with van der Waals surface area (Å²) in [6.07, 6.45) is 2.44. The van der Waals surface area contributed by atoms with Gasteiger partial charge >= 0.3 is 5.69 Å². The molecule has 1 aromatic heterocycles. The molecule has 7 nitrogen and oxygen atoms in total. The predicted octanol–water partition coefficient (Wildman–Crippen LogP) is 1.19. The Morgan fingerprint density at radius 1 is 1.29 bits per heavy atom. The van der Waals surface area contributed by atoms with Gasteiger partial charge in [-0.15, -0.1) is 0 Å². The lowest BCUT2D eigenvalue weighted by molar-refractivity contribution is 0.0644. The lowest BCUT2D eigenvalue weighted by atomic mass is 9.90. The van der Waals surface area contributed by atoms with E-state index in [1.165, 1.54) is 5.56 Å². The van der Waals surface area contributed by atoms with Gasteiger partial charge in [0, 0.05) is 6.54 Å². The normalized spacial score (nSPS) is 16.7. The summed E-state index contributed by atoms with van der Waals surface area (Å²) >= 11 is 0. The number of fused-ring (bicyclic) bond motifs is 1. The van der Waals surface area contributed by atoms with Crippen molar-refractivity contribution in [3.8, 4) is 0 Å². The minimum Gasteiger partial charge on any atom is -0.392 e. The Kier molecular flexibility index (Phi) is 4.24. The van der Waals surface area contributed by atoms with E-state index in [4.69, 9.17) is 5.73 Å². The number of benzene rings is 1. The summed E-state index contributed by atoms with van der Waals surface area (Å²) in [6, 6.07) is 7.96. The number of hydrogen-bond acceptors (Lipinski definition) is 4. The molecular weight excluding hydrogens is 308 g/mol. The number of carbonyl (C=O) groups excluding carboxylic acids is 1. The van der Waals surface area contributed by atoms with E-state index in [1.54, 1.807) is 4.90 Å². The van der Waals surface area contributed by atoms with Gasteiger partial charge in [0.25, 0.3) is 11.5 Å². The maximum Gasteiger partial charge on any atom is 0.326 e. The molecule has 1 aromatic carbocycles. The van der Waals surface area contributed by atoms with Crippen LogP contribution in [0.25, 0.3) is 0 Å². The molecule has 126 valence electrons. The quantitative estimate of drug-likeness (QED) is 0.785. The highest BCUT2D eigenvalue weighted by atomic mass is 16.2. The molecule has 0 bridgehead atoms. The Labute approximate surface area is 138 Å². The van der Waals surface area contributed by atoms with E-state index in [1.807, 2.05) is 23.2 Å². The molecule has 0 saturated heterocycles. The number of H-pyrrole nitrogens is 2. The highest BCUT2D eigenvalue weighted by Gasteiger charge is 2.32. The summed E-state index contributed by atoms with van der Waals surface area (Å²) in [6.45, 7) is 2.58. The van der Waals surface area contributed by atoms with Crippen molar-refractivity contribution in [2.45, 2.75) is 32.2 Å². The first-order valence-corrected chi connectivity index (χ1v) is 8.03. The molecule has 3 rings (SSSR count). The maximum absolute atomic E-state index is 12.9. The first-order valence-electron chi connectivity index (χ1n) is 8.03. The van der Waals surface area contributed by atoms with Crippen LogP contribution in [0, 0.1) is 0 Å². The second-order valence-corrected chi connectivity index (χ2v) is 5.95. The standard InChI is InChI=1S/C17H20N4O3/c1-2-5-12-11-7-4-3-6-10(11)8-9-21(12)16(23)14-13(18)15(22)20-17(24)19-14/h3-4,6-7,12H,2,5,8-9,18H2,1H3,(H2,19,20,22,24)/t12-/m1/s1. The van der Waals surface area contributed by atoms with Gasteiger partial charge in [-0.25, -0.2) is 4.79 Å². The fraction of sp³-hybridized carbons (Fsp3) is 0.353. The van der Waals surface area contributed by atoms with Crippen molar-refractivity contribution in [3.05, 3.63) is 61.9 Å². The molecule has 0 radical (unpaired) electrons. The van der Waals surface area contributed by atoms with Crippen LogP contribution in [0.2, 0.25) is 0 Å². The topological polar surface area (TPSA) is 112 Å². The van der Waals surface area contributed by atoms with Crippen LogP contribution in [0.3, 0.4) is 0 Å². The number of nitrogens with zero attached hydrogens (tertiary/aromatic N) is 1. The van der Waals surface area contributed by atoms with Gasteiger partial charge in [-0.05, 0) is 24.0 Å².